The number of aromatic nitrogens is 2. The quantitative estimate of drug-likeness (QED) is 0.577. The van der Waals surface area contributed by atoms with Gasteiger partial charge in [0, 0.05) is 11.9 Å². The number of rotatable bonds is 0. The van der Waals surface area contributed by atoms with E-state index in [-0.39, 0.29) is 0 Å². The van der Waals surface area contributed by atoms with Gasteiger partial charge in [0.1, 0.15) is 5.65 Å². The van der Waals surface area contributed by atoms with Gasteiger partial charge >= 0.3 is 0 Å². The van der Waals surface area contributed by atoms with Crippen molar-refractivity contribution in [1.82, 2.24) is 9.38 Å². The van der Waals surface area contributed by atoms with E-state index >= 15 is 0 Å². The Morgan fingerprint density at radius 2 is 1.92 bits per heavy atom. The van der Waals surface area contributed by atoms with E-state index in [9.17, 15) is 0 Å². The lowest BCUT2D eigenvalue weighted by Crippen LogP contribution is -1.91. The Balaban J connectivity index is 2.89. The topological polar surface area (TPSA) is 17.3 Å². The molecule has 0 aliphatic heterocycles. The van der Waals surface area contributed by atoms with Crippen LogP contribution in [0.25, 0.3) is 5.65 Å². The lowest BCUT2D eigenvalue weighted by atomic mass is 10.2. The highest BCUT2D eigenvalue weighted by atomic mass is 15.0. The van der Waals surface area contributed by atoms with Crippen molar-refractivity contribution in [3.8, 4) is 0 Å². The summed E-state index contributed by atoms with van der Waals surface area (Å²) in [5, 5.41) is 0. The first-order valence-corrected chi connectivity index (χ1v) is 4.10. The first kappa shape index (κ1) is 7.35. The summed E-state index contributed by atoms with van der Waals surface area (Å²) in [6.07, 6.45) is 2.07. The highest BCUT2D eigenvalue weighted by molar-refractivity contribution is 5.43. The number of nitrogens with zero attached hydrogens (tertiary/aromatic N) is 2. The maximum Gasteiger partial charge on any atom is 0.137 e. The fraction of sp³-hybridized carbons (Fsp3) is 0.300. The zero-order valence-corrected chi connectivity index (χ0v) is 7.63. The predicted octanol–water partition coefficient (Wildman–Crippen LogP) is 2.26. The van der Waals surface area contributed by atoms with Gasteiger partial charge in [0.2, 0.25) is 0 Å². The monoisotopic (exact) mass is 160 g/mol. The van der Waals surface area contributed by atoms with Gasteiger partial charge in [0.05, 0.1) is 5.69 Å². The molecule has 2 aromatic heterocycles. The van der Waals surface area contributed by atoms with Gasteiger partial charge < -0.3 is 4.40 Å². The summed E-state index contributed by atoms with van der Waals surface area (Å²) in [5.74, 6) is 0. The molecule has 0 N–H and O–H groups in total. The van der Waals surface area contributed by atoms with Crippen LogP contribution in [-0.4, -0.2) is 9.38 Å². The van der Waals surface area contributed by atoms with Gasteiger partial charge in [-0.05, 0) is 32.4 Å². The summed E-state index contributed by atoms with van der Waals surface area (Å²) < 4.78 is 2.13. The van der Waals surface area contributed by atoms with Gasteiger partial charge in [-0.2, -0.15) is 0 Å². The van der Waals surface area contributed by atoms with E-state index in [2.05, 4.69) is 41.6 Å². The molecular formula is C10H12N2. The van der Waals surface area contributed by atoms with Gasteiger partial charge in [-0.15, -0.1) is 0 Å². The molecule has 0 bridgehead atoms. The molecule has 0 saturated carbocycles. The Morgan fingerprint density at radius 3 is 2.67 bits per heavy atom. The molecule has 0 atom stereocenters. The number of aryl methyl sites for hydroxylation is 3. The van der Waals surface area contributed by atoms with E-state index in [0.717, 1.165) is 11.3 Å². The van der Waals surface area contributed by atoms with E-state index in [4.69, 9.17) is 0 Å². The third-order valence-corrected chi connectivity index (χ3v) is 2.27. The van der Waals surface area contributed by atoms with Crippen LogP contribution in [0.3, 0.4) is 0 Å². The number of pyridine rings is 1. The smallest absolute Gasteiger partial charge is 0.137 e. The normalized spacial score (nSPS) is 10.9. The van der Waals surface area contributed by atoms with Gasteiger partial charge in [0.15, 0.2) is 0 Å². The fourth-order valence-electron chi connectivity index (χ4n) is 1.41. The molecule has 2 heteroatoms. The second kappa shape index (κ2) is 2.34. The summed E-state index contributed by atoms with van der Waals surface area (Å²) in [5.41, 5.74) is 4.69. The molecule has 2 nitrogen and oxygen atoms in total. The van der Waals surface area contributed by atoms with Crippen molar-refractivity contribution in [2.24, 2.45) is 0 Å². The largest absolute Gasteiger partial charge is 0.304 e. The summed E-state index contributed by atoms with van der Waals surface area (Å²) in [6.45, 7) is 6.25. The van der Waals surface area contributed by atoms with Crippen molar-refractivity contribution in [2.75, 3.05) is 0 Å². The SMILES string of the molecule is Cc1cn2c(C)c(C)ccc2n1. The summed E-state index contributed by atoms with van der Waals surface area (Å²) in [7, 11) is 0. The second-order valence-corrected chi connectivity index (χ2v) is 3.21. The molecule has 0 aliphatic rings. The number of hydrogen-bond acceptors (Lipinski definition) is 1. The van der Waals surface area contributed by atoms with Crippen molar-refractivity contribution in [3.05, 3.63) is 35.3 Å². The molecule has 0 radical (unpaired) electrons. The highest BCUT2D eigenvalue weighted by Gasteiger charge is 2.00. The molecule has 2 aromatic rings. The van der Waals surface area contributed by atoms with Crippen molar-refractivity contribution in [1.29, 1.82) is 0 Å². The summed E-state index contributed by atoms with van der Waals surface area (Å²) in [6, 6.07) is 4.16. The van der Waals surface area contributed by atoms with E-state index in [1.54, 1.807) is 0 Å². The van der Waals surface area contributed by atoms with Crippen LogP contribution in [0.2, 0.25) is 0 Å². The van der Waals surface area contributed by atoms with Gasteiger partial charge in [-0.1, -0.05) is 6.07 Å². The Hall–Kier alpha value is -1.31. The molecule has 2 rings (SSSR count). The highest BCUT2D eigenvalue weighted by Crippen LogP contribution is 2.11. The van der Waals surface area contributed by atoms with Crippen LogP contribution in [0.4, 0.5) is 0 Å². The number of hydrogen-bond donors (Lipinski definition) is 0. The van der Waals surface area contributed by atoms with E-state index < -0.39 is 0 Å². The minimum atomic E-state index is 1.04. The van der Waals surface area contributed by atoms with Crippen molar-refractivity contribution in [2.45, 2.75) is 20.8 Å². The van der Waals surface area contributed by atoms with E-state index in [1.165, 1.54) is 11.3 Å². The molecule has 0 aromatic carbocycles. The maximum atomic E-state index is 4.38. The third kappa shape index (κ3) is 0.916. The maximum absolute atomic E-state index is 4.38. The van der Waals surface area contributed by atoms with Crippen LogP contribution < -0.4 is 0 Å². The zero-order chi connectivity index (χ0) is 8.72. The molecule has 0 spiro atoms. The lowest BCUT2D eigenvalue weighted by molar-refractivity contribution is 1.06. The molecule has 0 saturated heterocycles. The van der Waals surface area contributed by atoms with Gasteiger partial charge in [-0.3, -0.25) is 0 Å². The van der Waals surface area contributed by atoms with Crippen LogP contribution in [0.5, 0.6) is 0 Å². The van der Waals surface area contributed by atoms with Crippen LogP contribution in [0.15, 0.2) is 18.3 Å². The minimum Gasteiger partial charge on any atom is -0.304 e. The zero-order valence-electron chi connectivity index (χ0n) is 7.63. The Bertz CT molecular complexity index is 427. The molecule has 0 amide bonds. The van der Waals surface area contributed by atoms with E-state index in [0.29, 0.717) is 0 Å². The van der Waals surface area contributed by atoms with Gasteiger partial charge in [0.25, 0.3) is 0 Å². The van der Waals surface area contributed by atoms with Crippen LogP contribution in [-0.2, 0) is 0 Å². The first-order chi connectivity index (χ1) is 5.68. The molecular weight excluding hydrogens is 148 g/mol. The lowest BCUT2D eigenvalue weighted by Gasteiger charge is -2.01. The Morgan fingerprint density at radius 1 is 1.17 bits per heavy atom. The number of fused-ring (bicyclic) bond motifs is 1. The Kier molecular flexibility index (Phi) is 1.43. The second-order valence-electron chi connectivity index (χ2n) is 3.21. The third-order valence-electron chi connectivity index (χ3n) is 2.27. The van der Waals surface area contributed by atoms with Crippen molar-refractivity contribution >= 4 is 5.65 Å². The molecule has 2 heterocycles. The molecule has 0 unspecified atom stereocenters. The number of imidazole rings is 1. The molecule has 62 valence electrons. The first-order valence-electron chi connectivity index (χ1n) is 4.10. The van der Waals surface area contributed by atoms with Crippen LogP contribution in [0.1, 0.15) is 17.0 Å². The molecule has 12 heavy (non-hydrogen) atoms. The van der Waals surface area contributed by atoms with Crippen molar-refractivity contribution in [3.63, 3.8) is 0 Å². The van der Waals surface area contributed by atoms with Crippen molar-refractivity contribution < 1.29 is 0 Å². The fourth-order valence-corrected chi connectivity index (χ4v) is 1.41. The van der Waals surface area contributed by atoms with Crippen LogP contribution in [0, 0.1) is 20.8 Å². The average molecular weight is 160 g/mol. The van der Waals surface area contributed by atoms with E-state index in [1.807, 2.05) is 6.92 Å². The van der Waals surface area contributed by atoms with Crippen LogP contribution >= 0.6 is 0 Å². The standard InChI is InChI=1S/C10H12N2/c1-7-4-5-10-11-8(2)6-12(10)9(7)3/h4-6H,1-3H3. The minimum absolute atomic E-state index is 1.04. The summed E-state index contributed by atoms with van der Waals surface area (Å²) >= 11 is 0. The average Bonchev–Trinajstić information content (AvgIpc) is 2.39. The predicted molar refractivity (Wildman–Crippen MR) is 49.4 cm³/mol. The Labute approximate surface area is 71.9 Å². The molecule has 0 aliphatic carbocycles. The molecule has 0 fully saturated rings. The van der Waals surface area contributed by atoms with Gasteiger partial charge in [-0.25, -0.2) is 4.98 Å². The summed E-state index contributed by atoms with van der Waals surface area (Å²) in [4.78, 5) is 4.38.